The lowest BCUT2D eigenvalue weighted by atomic mass is 10.2. The van der Waals surface area contributed by atoms with Crippen LogP contribution in [0.1, 0.15) is 11.3 Å². The van der Waals surface area contributed by atoms with Crippen LogP contribution in [0.2, 0.25) is 0 Å². The Kier molecular flexibility index (Phi) is 5.55. The molecule has 7 heteroatoms. The van der Waals surface area contributed by atoms with E-state index in [0.29, 0.717) is 18.9 Å². The molecule has 1 atom stereocenters. The van der Waals surface area contributed by atoms with Crippen molar-refractivity contribution >= 4 is 28.9 Å². The number of thiophene rings is 1. The van der Waals surface area contributed by atoms with Crippen molar-refractivity contribution in [3.8, 4) is 5.75 Å². The van der Waals surface area contributed by atoms with Gasteiger partial charge in [-0.05, 0) is 23.6 Å². The van der Waals surface area contributed by atoms with E-state index in [1.807, 2.05) is 30.3 Å². The summed E-state index contributed by atoms with van der Waals surface area (Å²) in [4.78, 5) is 19.7. The Balaban J connectivity index is 1.59. The van der Waals surface area contributed by atoms with E-state index in [4.69, 9.17) is 4.74 Å². The molecule has 0 spiro atoms. The minimum absolute atomic E-state index is 0.0215. The van der Waals surface area contributed by atoms with Crippen LogP contribution in [0.15, 0.2) is 46.8 Å². The van der Waals surface area contributed by atoms with Crippen LogP contribution in [0, 0.1) is 0 Å². The number of carbonyl (C=O) groups is 1. The lowest BCUT2D eigenvalue weighted by molar-refractivity contribution is -0.117. The van der Waals surface area contributed by atoms with Gasteiger partial charge < -0.3 is 20.3 Å². The van der Waals surface area contributed by atoms with Gasteiger partial charge in [0.2, 0.25) is 5.91 Å². The summed E-state index contributed by atoms with van der Waals surface area (Å²) in [6.07, 6.45) is 0.441. The number of anilines is 1. The van der Waals surface area contributed by atoms with Crippen LogP contribution in [0.25, 0.3) is 0 Å². The Bertz CT molecular complexity index is 745. The Morgan fingerprint density at radius 2 is 2.28 bits per heavy atom. The largest absolute Gasteiger partial charge is 0.497 e. The molecule has 2 N–H and O–H groups in total. The first kappa shape index (κ1) is 17.3. The summed E-state index contributed by atoms with van der Waals surface area (Å²) in [5, 5.41) is 8.67. The third-order valence-corrected chi connectivity index (χ3v) is 4.94. The lowest BCUT2D eigenvalue weighted by Crippen LogP contribution is -2.44. The molecule has 1 aliphatic rings. The van der Waals surface area contributed by atoms with Crippen molar-refractivity contribution in [2.24, 2.45) is 4.99 Å². The van der Waals surface area contributed by atoms with E-state index in [-0.39, 0.29) is 11.9 Å². The summed E-state index contributed by atoms with van der Waals surface area (Å²) in [6, 6.07) is 11.7. The van der Waals surface area contributed by atoms with Crippen LogP contribution in [-0.4, -0.2) is 38.6 Å². The third-order valence-electron chi connectivity index (χ3n) is 4.06. The maximum atomic E-state index is 12.4. The molecule has 1 aromatic carbocycles. The molecule has 25 heavy (non-hydrogen) atoms. The fraction of sp³-hybridized carbons (Fsp3) is 0.333. The van der Waals surface area contributed by atoms with Crippen LogP contribution < -0.4 is 20.3 Å². The van der Waals surface area contributed by atoms with Gasteiger partial charge in [0.25, 0.3) is 0 Å². The Morgan fingerprint density at radius 1 is 1.40 bits per heavy atom. The number of nitrogens with one attached hydrogen (secondary N) is 2. The molecule has 132 valence electrons. The van der Waals surface area contributed by atoms with E-state index in [2.05, 4.69) is 27.1 Å². The molecule has 3 rings (SSSR count). The maximum Gasteiger partial charge on any atom is 0.229 e. The Morgan fingerprint density at radius 3 is 3.00 bits per heavy atom. The minimum Gasteiger partial charge on any atom is -0.497 e. The van der Waals surface area contributed by atoms with Gasteiger partial charge in [0.05, 0.1) is 19.7 Å². The van der Waals surface area contributed by atoms with Crippen molar-refractivity contribution in [2.45, 2.75) is 19.0 Å². The molecule has 1 amide bonds. The third kappa shape index (κ3) is 4.30. The molecule has 1 aromatic heterocycles. The van der Waals surface area contributed by atoms with Gasteiger partial charge in [0, 0.05) is 36.6 Å². The average Bonchev–Trinajstić information content (AvgIpc) is 3.28. The number of hydrogen-bond acceptors (Lipinski definition) is 4. The molecule has 2 aromatic rings. The molecular weight excluding hydrogens is 336 g/mol. The summed E-state index contributed by atoms with van der Waals surface area (Å²) in [6.45, 7) is 1.32. The number of carbonyl (C=O) groups excluding carboxylic acids is 1. The molecule has 0 radical (unpaired) electrons. The zero-order chi connectivity index (χ0) is 17.6. The molecule has 1 saturated heterocycles. The second-order valence-corrected chi connectivity index (χ2v) is 6.79. The minimum atomic E-state index is 0.0215. The average molecular weight is 358 g/mol. The first-order valence-corrected chi connectivity index (χ1v) is 9.01. The van der Waals surface area contributed by atoms with Crippen molar-refractivity contribution < 1.29 is 9.53 Å². The highest BCUT2D eigenvalue weighted by Gasteiger charge is 2.31. The van der Waals surface area contributed by atoms with Crippen molar-refractivity contribution in [1.29, 1.82) is 0 Å². The molecule has 0 bridgehead atoms. The summed E-state index contributed by atoms with van der Waals surface area (Å²) in [5.74, 6) is 1.55. The number of aliphatic imine (C=N–C) groups is 1. The fourth-order valence-electron chi connectivity index (χ4n) is 2.80. The number of amides is 1. The fourth-order valence-corrected chi connectivity index (χ4v) is 3.45. The van der Waals surface area contributed by atoms with E-state index < -0.39 is 0 Å². The van der Waals surface area contributed by atoms with Gasteiger partial charge >= 0.3 is 0 Å². The molecule has 0 saturated carbocycles. The Labute approximate surface area is 151 Å². The smallest absolute Gasteiger partial charge is 0.229 e. The van der Waals surface area contributed by atoms with Crippen LogP contribution in [0.3, 0.4) is 0 Å². The number of nitrogens with zero attached hydrogens (tertiary/aromatic N) is 2. The van der Waals surface area contributed by atoms with E-state index in [1.165, 1.54) is 4.88 Å². The topological polar surface area (TPSA) is 66.0 Å². The number of benzene rings is 1. The van der Waals surface area contributed by atoms with Gasteiger partial charge in [-0.15, -0.1) is 11.3 Å². The van der Waals surface area contributed by atoms with Gasteiger partial charge in [-0.3, -0.25) is 9.79 Å². The van der Waals surface area contributed by atoms with Crippen LogP contribution in [0.5, 0.6) is 5.75 Å². The molecule has 1 unspecified atom stereocenters. The van der Waals surface area contributed by atoms with E-state index in [1.54, 1.807) is 30.4 Å². The zero-order valence-electron chi connectivity index (χ0n) is 14.4. The number of rotatable bonds is 5. The predicted molar refractivity (Wildman–Crippen MR) is 101 cm³/mol. The van der Waals surface area contributed by atoms with Crippen molar-refractivity contribution in [2.75, 3.05) is 25.6 Å². The van der Waals surface area contributed by atoms with Gasteiger partial charge in [-0.2, -0.15) is 0 Å². The number of ether oxygens (including phenoxy) is 1. The summed E-state index contributed by atoms with van der Waals surface area (Å²) in [5.41, 5.74) is 0.857. The summed E-state index contributed by atoms with van der Waals surface area (Å²) in [7, 11) is 3.36. The quantitative estimate of drug-likeness (QED) is 0.635. The standard InChI is InChI=1S/C18H22N4O2S/c1-19-18(20-11-16-7-4-8-25-16)21-13-9-17(23)22(12-13)14-5-3-6-15(10-14)24-2/h3-8,10,13H,9,11-12H2,1-2H3,(H2,19,20,21). The van der Waals surface area contributed by atoms with Gasteiger partial charge in [0.1, 0.15) is 5.75 Å². The van der Waals surface area contributed by atoms with E-state index in [0.717, 1.165) is 18.0 Å². The molecular formula is C18H22N4O2S. The molecule has 2 heterocycles. The lowest BCUT2D eigenvalue weighted by Gasteiger charge is -2.19. The highest BCUT2D eigenvalue weighted by molar-refractivity contribution is 7.09. The second kappa shape index (κ2) is 8.02. The van der Waals surface area contributed by atoms with Crippen molar-refractivity contribution in [3.63, 3.8) is 0 Å². The highest BCUT2D eigenvalue weighted by atomic mass is 32.1. The number of hydrogen-bond donors (Lipinski definition) is 2. The van der Waals surface area contributed by atoms with Gasteiger partial charge in [-0.25, -0.2) is 0 Å². The molecule has 0 aliphatic carbocycles. The predicted octanol–water partition coefficient (Wildman–Crippen LogP) is 2.23. The number of methoxy groups -OCH3 is 1. The van der Waals surface area contributed by atoms with E-state index >= 15 is 0 Å². The maximum absolute atomic E-state index is 12.4. The SMILES string of the molecule is CN=C(NCc1cccs1)NC1CC(=O)N(c2cccc(OC)c2)C1. The van der Waals surface area contributed by atoms with Gasteiger partial charge in [0.15, 0.2) is 5.96 Å². The molecule has 6 nitrogen and oxygen atoms in total. The van der Waals surface area contributed by atoms with Crippen molar-refractivity contribution in [1.82, 2.24) is 10.6 Å². The zero-order valence-corrected chi connectivity index (χ0v) is 15.2. The summed E-state index contributed by atoms with van der Waals surface area (Å²) < 4.78 is 5.24. The molecule has 1 aliphatic heterocycles. The first-order chi connectivity index (χ1) is 12.2. The van der Waals surface area contributed by atoms with Crippen molar-refractivity contribution in [3.05, 3.63) is 46.7 Å². The van der Waals surface area contributed by atoms with Crippen LogP contribution in [0.4, 0.5) is 5.69 Å². The van der Waals surface area contributed by atoms with E-state index in [9.17, 15) is 4.79 Å². The van der Waals surface area contributed by atoms with Crippen LogP contribution in [-0.2, 0) is 11.3 Å². The normalized spacial score (nSPS) is 17.7. The Hall–Kier alpha value is -2.54. The molecule has 1 fully saturated rings. The second-order valence-electron chi connectivity index (χ2n) is 5.76. The highest BCUT2D eigenvalue weighted by Crippen LogP contribution is 2.25. The number of guanidine groups is 1. The van der Waals surface area contributed by atoms with Gasteiger partial charge in [-0.1, -0.05) is 12.1 Å². The monoisotopic (exact) mass is 358 g/mol. The summed E-state index contributed by atoms with van der Waals surface area (Å²) >= 11 is 1.70. The first-order valence-electron chi connectivity index (χ1n) is 8.13. The van der Waals surface area contributed by atoms with Crippen LogP contribution >= 0.6 is 11.3 Å².